The minimum atomic E-state index is -0.361. The van der Waals surface area contributed by atoms with Gasteiger partial charge >= 0.3 is 0 Å². The lowest BCUT2D eigenvalue weighted by Gasteiger charge is -2.14. The van der Waals surface area contributed by atoms with Crippen LogP contribution in [-0.2, 0) is 6.54 Å². The summed E-state index contributed by atoms with van der Waals surface area (Å²) in [6.45, 7) is 4.30. The lowest BCUT2D eigenvalue weighted by Crippen LogP contribution is -2.18. The quantitative estimate of drug-likeness (QED) is 0.901. The summed E-state index contributed by atoms with van der Waals surface area (Å²) in [6, 6.07) is 4.92. The number of aromatic nitrogens is 1. The van der Waals surface area contributed by atoms with E-state index in [9.17, 15) is 4.39 Å². The van der Waals surface area contributed by atoms with E-state index in [1.165, 1.54) is 13.2 Å². The summed E-state index contributed by atoms with van der Waals surface area (Å²) in [5, 5.41) is 3.23. The summed E-state index contributed by atoms with van der Waals surface area (Å²) < 4.78 is 23.8. The second-order valence-electron chi connectivity index (χ2n) is 4.36. The van der Waals surface area contributed by atoms with E-state index in [1.54, 1.807) is 12.3 Å². The maximum absolute atomic E-state index is 13.6. The first-order valence-corrected chi connectivity index (χ1v) is 6.08. The average molecular weight is 264 g/mol. The van der Waals surface area contributed by atoms with Crippen LogP contribution in [0.5, 0.6) is 5.75 Å². The molecule has 0 bridgehead atoms. The molecule has 0 radical (unpaired) electrons. The number of methoxy groups -OCH3 is 1. The number of halogens is 1. The van der Waals surface area contributed by atoms with Crippen molar-refractivity contribution in [3.05, 3.63) is 47.4 Å². The number of benzene rings is 1. The monoisotopic (exact) mass is 264 g/mol. The van der Waals surface area contributed by atoms with Crippen molar-refractivity contribution in [2.45, 2.75) is 26.4 Å². The second kappa shape index (κ2) is 5.84. The Bertz CT molecular complexity index is 554. The Kier molecular flexibility index (Phi) is 4.16. The van der Waals surface area contributed by atoms with E-state index < -0.39 is 0 Å². The van der Waals surface area contributed by atoms with Crippen LogP contribution >= 0.6 is 0 Å². The Morgan fingerprint density at radius 1 is 1.47 bits per heavy atom. The molecule has 0 fully saturated rings. The number of nitrogens with one attached hydrogen (secondary N) is 1. The van der Waals surface area contributed by atoms with Crippen LogP contribution in [0.25, 0.3) is 0 Å². The van der Waals surface area contributed by atoms with Crippen LogP contribution < -0.4 is 10.1 Å². The number of aryl methyl sites for hydroxylation is 1. The molecule has 4 nitrogen and oxygen atoms in total. The zero-order valence-electron chi connectivity index (χ0n) is 11.2. The first-order valence-electron chi connectivity index (χ1n) is 6.08. The van der Waals surface area contributed by atoms with Crippen LogP contribution in [0.1, 0.15) is 30.2 Å². The van der Waals surface area contributed by atoms with Gasteiger partial charge < -0.3 is 14.5 Å². The van der Waals surface area contributed by atoms with Gasteiger partial charge in [0.2, 0.25) is 5.89 Å². The first kappa shape index (κ1) is 13.5. The van der Waals surface area contributed by atoms with Crippen LogP contribution in [0.15, 0.2) is 28.8 Å². The molecule has 1 aromatic carbocycles. The van der Waals surface area contributed by atoms with Crippen molar-refractivity contribution in [1.82, 2.24) is 10.3 Å². The summed E-state index contributed by atoms with van der Waals surface area (Å²) in [6.07, 6.45) is 1.68. The van der Waals surface area contributed by atoms with Crippen molar-refractivity contribution in [2.24, 2.45) is 0 Å². The van der Waals surface area contributed by atoms with Crippen LogP contribution in [0.3, 0.4) is 0 Å². The van der Waals surface area contributed by atoms with Gasteiger partial charge in [-0.3, -0.25) is 0 Å². The molecule has 0 aliphatic rings. The molecule has 0 aliphatic carbocycles. The van der Waals surface area contributed by atoms with Gasteiger partial charge in [-0.1, -0.05) is 6.07 Å². The minimum Gasteiger partial charge on any atom is -0.494 e. The lowest BCUT2D eigenvalue weighted by molar-refractivity contribution is 0.385. The Balaban J connectivity index is 1.99. The maximum atomic E-state index is 13.6. The molecule has 1 heterocycles. The number of hydrogen-bond acceptors (Lipinski definition) is 4. The minimum absolute atomic E-state index is 0.00684. The number of oxazole rings is 1. The summed E-state index contributed by atoms with van der Waals surface area (Å²) in [4.78, 5) is 4.10. The largest absolute Gasteiger partial charge is 0.494 e. The number of hydrogen-bond donors (Lipinski definition) is 1. The van der Waals surface area contributed by atoms with Crippen LogP contribution in [0, 0.1) is 12.7 Å². The van der Waals surface area contributed by atoms with Gasteiger partial charge in [-0.05, 0) is 31.5 Å². The molecule has 0 saturated heterocycles. The standard InChI is InChI=1S/C14H17FN2O2/c1-9-7-17-14(19-9)8-16-10(2)11-4-5-13(18-3)12(15)6-11/h4-7,10,16H,8H2,1-3H3. The normalized spacial score (nSPS) is 12.4. The van der Waals surface area contributed by atoms with E-state index in [0.29, 0.717) is 12.4 Å². The fourth-order valence-electron chi connectivity index (χ4n) is 1.79. The molecule has 2 rings (SSSR count). The second-order valence-corrected chi connectivity index (χ2v) is 4.36. The van der Waals surface area contributed by atoms with Gasteiger partial charge in [0.25, 0.3) is 0 Å². The van der Waals surface area contributed by atoms with E-state index in [-0.39, 0.29) is 17.6 Å². The van der Waals surface area contributed by atoms with E-state index >= 15 is 0 Å². The first-order chi connectivity index (χ1) is 9.10. The molecule has 1 atom stereocenters. The van der Waals surface area contributed by atoms with Gasteiger partial charge in [0, 0.05) is 6.04 Å². The molecule has 1 N–H and O–H groups in total. The van der Waals surface area contributed by atoms with E-state index in [0.717, 1.165) is 11.3 Å². The van der Waals surface area contributed by atoms with Crippen molar-refractivity contribution in [3.8, 4) is 5.75 Å². The van der Waals surface area contributed by atoms with Gasteiger partial charge in [0.1, 0.15) is 5.76 Å². The van der Waals surface area contributed by atoms with Crippen LogP contribution in [0.4, 0.5) is 4.39 Å². The van der Waals surface area contributed by atoms with E-state index in [2.05, 4.69) is 10.3 Å². The van der Waals surface area contributed by atoms with Crippen LogP contribution in [0.2, 0.25) is 0 Å². The molecule has 0 aliphatic heterocycles. The summed E-state index contributed by atoms with van der Waals surface area (Å²) in [5.41, 5.74) is 0.849. The van der Waals surface area contributed by atoms with Crippen molar-refractivity contribution in [3.63, 3.8) is 0 Å². The van der Waals surface area contributed by atoms with Crippen molar-refractivity contribution in [2.75, 3.05) is 7.11 Å². The van der Waals surface area contributed by atoms with E-state index in [4.69, 9.17) is 9.15 Å². The lowest BCUT2D eigenvalue weighted by atomic mass is 10.1. The molecule has 19 heavy (non-hydrogen) atoms. The molecule has 1 aromatic heterocycles. The molecule has 2 aromatic rings. The average Bonchev–Trinajstić information content (AvgIpc) is 2.81. The predicted molar refractivity (Wildman–Crippen MR) is 69.4 cm³/mol. The Morgan fingerprint density at radius 2 is 2.26 bits per heavy atom. The van der Waals surface area contributed by atoms with Crippen LogP contribution in [-0.4, -0.2) is 12.1 Å². The van der Waals surface area contributed by atoms with Gasteiger partial charge in [-0.25, -0.2) is 9.37 Å². The maximum Gasteiger partial charge on any atom is 0.208 e. The molecule has 5 heteroatoms. The molecular weight excluding hydrogens is 247 g/mol. The highest BCUT2D eigenvalue weighted by Gasteiger charge is 2.10. The van der Waals surface area contributed by atoms with Crippen molar-refractivity contribution >= 4 is 0 Å². The fraction of sp³-hybridized carbons (Fsp3) is 0.357. The van der Waals surface area contributed by atoms with Gasteiger partial charge in [0.05, 0.1) is 19.9 Å². The number of nitrogens with zero attached hydrogens (tertiary/aromatic N) is 1. The third-order valence-corrected chi connectivity index (χ3v) is 2.90. The highest BCUT2D eigenvalue weighted by Crippen LogP contribution is 2.21. The molecule has 0 spiro atoms. The summed E-state index contributed by atoms with van der Waals surface area (Å²) in [7, 11) is 1.45. The van der Waals surface area contributed by atoms with E-state index in [1.807, 2.05) is 19.9 Å². The third kappa shape index (κ3) is 3.32. The molecule has 1 unspecified atom stereocenters. The van der Waals surface area contributed by atoms with Crippen molar-refractivity contribution < 1.29 is 13.5 Å². The predicted octanol–water partition coefficient (Wildman–Crippen LogP) is 2.98. The van der Waals surface area contributed by atoms with Gasteiger partial charge in [0.15, 0.2) is 11.6 Å². The summed E-state index contributed by atoms with van der Waals surface area (Å²) in [5.74, 6) is 1.29. The molecule has 0 saturated carbocycles. The molecule has 102 valence electrons. The Hall–Kier alpha value is -1.88. The summed E-state index contributed by atoms with van der Waals surface area (Å²) >= 11 is 0. The topological polar surface area (TPSA) is 47.3 Å². The zero-order valence-corrected chi connectivity index (χ0v) is 11.2. The Labute approximate surface area is 111 Å². The number of rotatable bonds is 5. The van der Waals surface area contributed by atoms with Crippen molar-refractivity contribution in [1.29, 1.82) is 0 Å². The smallest absolute Gasteiger partial charge is 0.208 e. The highest BCUT2D eigenvalue weighted by molar-refractivity contribution is 5.30. The zero-order chi connectivity index (χ0) is 13.8. The van der Waals surface area contributed by atoms with Gasteiger partial charge in [-0.2, -0.15) is 0 Å². The molecular formula is C14H17FN2O2. The van der Waals surface area contributed by atoms with Gasteiger partial charge in [-0.15, -0.1) is 0 Å². The number of ether oxygens (including phenoxy) is 1. The highest BCUT2D eigenvalue weighted by atomic mass is 19.1. The Morgan fingerprint density at radius 3 is 2.84 bits per heavy atom. The fourth-order valence-corrected chi connectivity index (χ4v) is 1.79. The SMILES string of the molecule is COc1ccc(C(C)NCc2ncc(C)o2)cc1F. The molecule has 0 amide bonds. The third-order valence-electron chi connectivity index (χ3n) is 2.90.